The number of carbonyl (C=O) groups excluding carboxylic acids is 3. The summed E-state index contributed by atoms with van der Waals surface area (Å²) in [5.74, 6) is -3.01. The number of carboxylic acids is 1. The number of azide groups is 1. The Morgan fingerprint density at radius 1 is 1.29 bits per heavy atom. The molecule has 0 bridgehead atoms. The van der Waals surface area contributed by atoms with Gasteiger partial charge in [-0.15, -0.1) is 5.06 Å². The Kier molecular flexibility index (Phi) is 6.15. The predicted octanol–water partition coefficient (Wildman–Crippen LogP) is 0.917. The van der Waals surface area contributed by atoms with Crippen LogP contribution in [0.4, 0.5) is 0 Å². The van der Waals surface area contributed by atoms with Crippen molar-refractivity contribution in [2.45, 2.75) is 44.6 Å². The normalized spacial score (nSPS) is 15.5. The molecule has 1 N–H and O–H groups in total. The van der Waals surface area contributed by atoms with Crippen molar-refractivity contribution in [3.8, 4) is 0 Å². The van der Waals surface area contributed by atoms with Gasteiger partial charge in [0.25, 0.3) is 11.8 Å². The van der Waals surface area contributed by atoms with E-state index in [1.807, 2.05) is 0 Å². The summed E-state index contributed by atoms with van der Waals surface area (Å²) in [6.07, 6.45) is -0.207. The molecule has 10 nitrogen and oxygen atoms in total. The fourth-order valence-corrected chi connectivity index (χ4v) is 1.71. The van der Waals surface area contributed by atoms with E-state index in [4.69, 9.17) is 10.6 Å². The van der Waals surface area contributed by atoms with Gasteiger partial charge in [0.1, 0.15) is 0 Å². The highest BCUT2D eigenvalue weighted by molar-refractivity contribution is 6.01. The number of hydrogen-bond acceptors (Lipinski definition) is 6. The largest absolute Gasteiger partial charge is 0.481 e. The molecule has 21 heavy (non-hydrogen) atoms. The summed E-state index contributed by atoms with van der Waals surface area (Å²) < 4.78 is 0. The number of imide groups is 1. The van der Waals surface area contributed by atoms with Crippen LogP contribution in [0.1, 0.15) is 38.5 Å². The topological polar surface area (TPSA) is 150 Å². The molecule has 114 valence electrons. The minimum atomic E-state index is -1.04. The summed E-state index contributed by atoms with van der Waals surface area (Å²) in [7, 11) is 0. The zero-order valence-corrected chi connectivity index (χ0v) is 11.1. The zero-order valence-electron chi connectivity index (χ0n) is 11.1. The molecule has 1 saturated heterocycles. The maximum absolute atomic E-state index is 11.5. The van der Waals surface area contributed by atoms with Crippen LogP contribution in [-0.4, -0.2) is 40.0 Å². The second-order valence-electron chi connectivity index (χ2n) is 4.37. The van der Waals surface area contributed by atoms with Crippen LogP contribution in [0.5, 0.6) is 0 Å². The quantitative estimate of drug-likeness (QED) is 0.304. The third kappa shape index (κ3) is 5.49. The fourth-order valence-electron chi connectivity index (χ4n) is 1.71. The Bertz CT molecular complexity index is 483. The lowest BCUT2D eigenvalue weighted by Crippen LogP contribution is -2.32. The van der Waals surface area contributed by atoms with Gasteiger partial charge in [-0.1, -0.05) is 5.11 Å². The first kappa shape index (κ1) is 16.4. The predicted molar refractivity (Wildman–Crippen MR) is 66.2 cm³/mol. The third-order valence-corrected chi connectivity index (χ3v) is 2.79. The van der Waals surface area contributed by atoms with Crippen molar-refractivity contribution in [1.29, 1.82) is 0 Å². The van der Waals surface area contributed by atoms with Crippen molar-refractivity contribution >= 4 is 23.8 Å². The first-order chi connectivity index (χ1) is 9.93. The van der Waals surface area contributed by atoms with Gasteiger partial charge in [0.15, 0.2) is 0 Å². The van der Waals surface area contributed by atoms with Gasteiger partial charge in [-0.3, -0.25) is 14.4 Å². The summed E-state index contributed by atoms with van der Waals surface area (Å²) in [5, 5.41) is 12.4. The van der Waals surface area contributed by atoms with E-state index >= 15 is 0 Å². The molecule has 1 atom stereocenters. The number of carboxylic acid groups (broad SMARTS) is 1. The molecule has 0 saturated carbocycles. The Balaban J connectivity index is 2.42. The number of carbonyl (C=O) groups is 4. The SMILES string of the molecule is [N-]=[N+]=NC(CCC(=O)O)CCC(=O)ON1C(=O)CCC1=O. The van der Waals surface area contributed by atoms with Crippen LogP contribution in [0, 0.1) is 0 Å². The van der Waals surface area contributed by atoms with Crippen LogP contribution in [0.15, 0.2) is 5.11 Å². The first-order valence-corrected chi connectivity index (χ1v) is 6.26. The number of amides is 2. The molecule has 0 aromatic carbocycles. The molecule has 1 aliphatic rings. The number of hydroxylamine groups is 2. The van der Waals surface area contributed by atoms with Gasteiger partial charge in [-0.25, -0.2) is 4.79 Å². The number of hydrogen-bond donors (Lipinski definition) is 1. The Hall–Kier alpha value is -2.61. The van der Waals surface area contributed by atoms with Gasteiger partial charge >= 0.3 is 11.9 Å². The monoisotopic (exact) mass is 298 g/mol. The zero-order chi connectivity index (χ0) is 15.8. The van der Waals surface area contributed by atoms with E-state index in [2.05, 4.69) is 14.9 Å². The van der Waals surface area contributed by atoms with Crippen molar-refractivity contribution in [2.75, 3.05) is 0 Å². The summed E-state index contributed by atoms with van der Waals surface area (Å²) in [5.41, 5.74) is 8.36. The molecule has 10 heteroatoms. The smallest absolute Gasteiger partial charge is 0.333 e. The highest BCUT2D eigenvalue weighted by atomic mass is 16.7. The van der Waals surface area contributed by atoms with E-state index in [0.29, 0.717) is 5.06 Å². The molecule has 1 unspecified atom stereocenters. The molecule has 0 radical (unpaired) electrons. The van der Waals surface area contributed by atoms with Gasteiger partial charge in [-0.05, 0) is 18.4 Å². The van der Waals surface area contributed by atoms with E-state index < -0.39 is 29.8 Å². The second kappa shape index (κ2) is 7.85. The highest BCUT2D eigenvalue weighted by Crippen LogP contribution is 2.15. The fraction of sp³-hybridized carbons (Fsp3) is 0.636. The van der Waals surface area contributed by atoms with Crippen molar-refractivity contribution in [2.24, 2.45) is 5.11 Å². The minimum absolute atomic E-state index is 0.00603. The molecule has 0 spiro atoms. The van der Waals surface area contributed by atoms with E-state index in [1.165, 1.54) is 0 Å². The molecule has 2 amide bonds. The van der Waals surface area contributed by atoms with Crippen molar-refractivity contribution in [3.63, 3.8) is 0 Å². The Morgan fingerprint density at radius 3 is 2.38 bits per heavy atom. The van der Waals surface area contributed by atoms with Crippen LogP contribution in [0.3, 0.4) is 0 Å². The summed E-state index contributed by atoms with van der Waals surface area (Å²) >= 11 is 0. The van der Waals surface area contributed by atoms with Crippen LogP contribution in [0.2, 0.25) is 0 Å². The molecule has 0 aromatic rings. The lowest BCUT2D eigenvalue weighted by Gasteiger charge is -2.13. The summed E-state index contributed by atoms with van der Waals surface area (Å²) in [6.45, 7) is 0. The van der Waals surface area contributed by atoms with Gasteiger partial charge in [0.05, 0.1) is 0 Å². The standard InChI is InChI=1S/C11H14N4O6/c12-14-13-7(1-5-10(18)19)2-6-11(20)21-15-8(16)3-4-9(15)17/h7H,1-6H2,(H,18,19). The maximum Gasteiger partial charge on any atom is 0.333 e. The molecule has 1 heterocycles. The number of aliphatic carboxylic acids is 1. The van der Waals surface area contributed by atoms with Gasteiger partial charge in [0.2, 0.25) is 0 Å². The maximum atomic E-state index is 11.5. The van der Waals surface area contributed by atoms with Crippen molar-refractivity contribution < 1.29 is 29.1 Å². The molecular formula is C11H14N4O6. The average Bonchev–Trinajstić information content (AvgIpc) is 2.73. The number of nitrogens with zero attached hydrogens (tertiary/aromatic N) is 4. The number of rotatable bonds is 8. The third-order valence-electron chi connectivity index (χ3n) is 2.79. The Labute approximate surface area is 119 Å². The molecule has 1 aliphatic heterocycles. The van der Waals surface area contributed by atoms with Gasteiger partial charge < -0.3 is 9.94 Å². The lowest BCUT2D eigenvalue weighted by atomic mass is 10.1. The van der Waals surface area contributed by atoms with Crippen LogP contribution in [0.25, 0.3) is 10.4 Å². The van der Waals surface area contributed by atoms with Crippen LogP contribution >= 0.6 is 0 Å². The molecular weight excluding hydrogens is 284 g/mol. The first-order valence-electron chi connectivity index (χ1n) is 6.26. The van der Waals surface area contributed by atoms with Crippen LogP contribution in [-0.2, 0) is 24.0 Å². The van der Waals surface area contributed by atoms with Crippen LogP contribution < -0.4 is 0 Å². The van der Waals surface area contributed by atoms with Crippen molar-refractivity contribution in [3.05, 3.63) is 10.4 Å². The van der Waals surface area contributed by atoms with Gasteiger partial charge in [-0.2, -0.15) is 0 Å². The summed E-state index contributed by atoms with van der Waals surface area (Å²) in [6, 6.07) is -0.663. The van der Waals surface area contributed by atoms with E-state index in [9.17, 15) is 19.2 Å². The second-order valence-corrected chi connectivity index (χ2v) is 4.37. The lowest BCUT2D eigenvalue weighted by molar-refractivity contribution is -0.197. The van der Waals surface area contributed by atoms with Crippen molar-refractivity contribution in [1.82, 2.24) is 5.06 Å². The molecule has 1 fully saturated rings. The molecule has 0 aromatic heterocycles. The minimum Gasteiger partial charge on any atom is -0.481 e. The van der Waals surface area contributed by atoms with E-state index in [0.717, 1.165) is 0 Å². The molecule has 0 aliphatic carbocycles. The van der Waals surface area contributed by atoms with E-state index in [-0.39, 0.29) is 38.5 Å². The van der Waals surface area contributed by atoms with E-state index in [1.54, 1.807) is 0 Å². The molecule has 1 rings (SSSR count). The highest BCUT2D eigenvalue weighted by Gasteiger charge is 2.32. The summed E-state index contributed by atoms with van der Waals surface area (Å²) in [4.78, 5) is 51.6. The average molecular weight is 298 g/mol. The Morgan fingerprint density at radius 2 is 1.86 bits per heavy atom. The van der Waals surface area contributed by atoms with Gasteiger partial charge in [0, 0.05) is 36.6 Å².